The molecule has 222 valence electrons. The molecule has 1 aliphatic rings. The number of anilines is 3. The van der Waals surface area contributed by atoms with Gasteiger partial charge < -0.3 is 25.3 Å². The Morgan fingerprint density at radius 2 is 1.86 bits per heavy atom. The number of hydrogen-bond donors (Lipinski definition) is 2. The Kier molecular flexibility index (Phi) is 7.04. The highest BCUT2D eigenvalue weighted by Gasteiger charge is 2.34. The molecule has 2 aromatic carbocycles. The highest BCUT2D eigenvalue weighted by atomic mass is 32.2. The predicted molar refractivity (Wildman–Crippen MR) is 164 cm³/mol. The van der Waals surface area contributed by atoms with Gasteiger partial charge in [-0.05, 0) is 69.0 Å². The third-order valence-corrected chi connectivity index (χ3v) is 9.55. The number of carbonyl (C=O) groups excluding carboxylic acids is 1. The number of benzene rings is 2. The molecule has 0 spiro atoms. The molecular weight excluding hydrogens is 568 g/mol. The zero-order valence-corrected chi connectivity index (χ0v) is 25.1. The van der Waals surface area contributed by atoms with E-state index in [2.05, 4.69) is 15.3 Å². The van der Waals surface area contributed by atoms with E-state index in [1.165, 1.54) is 10.2 Å². The first kappa shape index (κ1) is 28.2. The molecule has 3 N–H and O–H groups in total. The molecule has 1 saturated heterocycles. The average molecular weight is 601 g/mol. The minimum absolute atomic E-state index is 0.130. The molecule has 0 bridgehead atoms. The standard InChI is InChI=1S/C30H32N8O4S/c1-18-7-9-22(10-8-18)43(40,41)38-13-11-23-27(38)29(37-12-5-6-24(37)28(31)39)35-30(33-23)34-26-16-36(17-32-26)21-14-19(2)20(3)25(15-21)42-4/h7-11,13-17,24H,5-6,12H2,1-4H3,(H2,31,39)(H,33,34,35)/t24-/m0/s1. The first-order valence-electron chi connectivity index (χ1n) is 13.8. The summed E-state index contributed by atoms with van der Waals surface area (Å²) in [6.45, 7) is 6.40. The predicted octanol–water partition coefficient (Wildman–Crippen LogP) is 3.99. The molecule has 0 aliphatic carbocycles. The van der Waals surface area contributed by atoms with Gasteiger partial charge in [-0.2, -0.15) is 4.98 Å². The van der Waals surface area contributed by atoms with Crippen LogP contribution in [0.15, 0.2) is 66.1 Å². The molecule has 0 unspecified atom stereocenters. The minimum atomic E-state index is -3.99. The molecule has 0 saturated carbocycles. The lowest BCUT2D eigenvalue weighted by Gasteiger charge is -2.25. The number of aromatic nitrogens is 5. The van der Waals surface area contributed by atoms with E-state index in [1.54, 1.807) is 54.9 Å². The number of primary amides is 1. The highest BCUT2D eigenvalue weighted by molar-refractivity contribution is 7.90. The van der Waals surface area contributed by atoms with E-state index in [9.17, 15) is 13.2 Å². The number of nitrogens with zero attached hydrogens (tertiary/aromatic N) is 6. The van der Waals surface area contributed by atoms with Gasteiger partial charge in [0, 0.05) is 18.8 Å². The zero-order chi connectivity index (χ0) is 30.5. The van der Waals surface area contributed by atoms with Crippen LogP contribution in [-0.4, -0.2) is 57.5 Å². The number of imidazole rings is 1. The van der Waals surface area contributed by atoms with Crippen molar-refractivity contribution in [3.8, 4) is 11.4 Å². The number of aryl methyl sites for hydroxylation is 2. The summed E-state index contributed by atoms with van der Waals surface area (Å²) in [6, 6.07) is 11.6. The molecular formula is C30H32N8O4S. The molecule has 0 radical (unpaired) electrons. The maximum atomic E-state index is 13.8. The summed E-state index contributed by atoms with van der Waals surface area (Å²) >= 11 is 0. The van der Waals surface area contributed by atoms with Gasteiger partial charge >= 0.3 is 0 Å². The first-order chi connectivity index (χ1) is 20.6. The van der Waals surface area contributed by atoms with Crippen LogP contribution in [0.4, 0.5) is 17.6 Å². The van der Waals surface area contributed by atoms with Crippen LogP contribution in [0.1, 0.15) is 29.5 Å². The minimum Gasteiger partial charge on any atom is -0.496 e. The van der Waals surface area contributed by atoms with Crippen molar-refractivity contribution in [1.29, 1.82) is 0 Å². The average Bonchev–Trinajstić information content (AvgIpc) is 3.74. The summed E-state index contributed by atoms with van der Waals surface area (Å²) in [4.78, 5) is 28.1. The van der Waals surface area contributed by atoms with Gasteiger partial charge in [-0.25, -0.2) is 22.4 Å². The van der Waals surface area contributed by atoms with Crippen molar-refractivity contribution in [2.45, 2.75) is 44.6 Å². The number of carbonyl (C=O) groups is 1. The number of methoxy groups -OCH3 is 1. The molecule has 3 aromatic heterocycles. The lowest BCUT2D eigenvalue weighted by molar-refractivity contribution is -0.119. The molecule has 1 fully saturated rings. The normalized spacial score (nSPS) is 15.3. The molecule has 1 amide bonds. The van der Waals surface area contributed by atoms with Gasteiger partial charge in [-0.3, -0.25) is 4.79 Å². The number of rotatable bonds is 8. The molecule has 4 heterocycles. The summed E-state index contributed by atoms with van der Waals surface area (Å²) in [6.07, 6.45) is 6.17. The van der Waals surface area contributed by atoms with E-state index in [1.807, 2.05) is 37.5 Å². The monoisotopic (exact) mass is 600 g/mol. The molecule has 12 nitrogen and oxygen atoms in total. The molecule has 1 atom stereocenters. The van der Waals surface area contributed by atoms with Gasteiger partial charge in [-0.1, -0.05) is 17.7 Å². The Labute approximate surface area is 249 Å². The Bertz CT molecular complexity index is 1960. The number of fused-ring (bicyclic) bond motifs is 1. The number of amides is 1. The first-order valence-corrected chi connectivity index (χ1v) is 15.2. The van der Waals surface area contributed by atoms with Gasteiger partial charge in [0.05, 0.1) is 29.4 Å². The Morgan fingerprint density at radius 3 is 2.58 bits per heavy atom. The molecule has 43 heavy (non-hydrogen) atoms. The third-order valence-electron chi connectivity index (χ3n) is 7.86. The summed E-state index contributed by atoms with van der Waals surface area (Å²) in [5.41, 5.74) is 10.4. The van der Waals surface area contributed by atoms with Crippen LogP contribution in [0.2, 0.25) is 0 Å². The van der Waals surface area contributed by atoms with E-state index in [0.29, 0.717) is 36.5 Å². The number of nitrogens with two attached hydrogens (primary N) is 1. The van der Waals surface area contributed by atoms with Crippen LogP contribution in [0.5, 0.6) is 5.75 Å². The van der Waals surface area contributed by atoms with Crippen molar-refractivity contribution in [3.63, 3.8) is 0 Å². The van der Waals surface area contributed by atoms with Gasteiger partial charge in [0.25, 0.3) is 10.0 Å². The van der Waals surface area contributed by atoms with E-state index in [-0.39, 0.29) is 16.4 Å². The molecule has 13 heteroatoms. The lowest BCUT2D eigenvalue weighted by Crippen LogP contribution is -2.41. The largest absolute Gasteiger partial charge is 0.496 e. The van der Waals surface area contributed by atoms with Crippen molar-refractivity contribution in [2.24, 2.45) is 5.73 Å². The van der Waals surface area contributed by atoms with Crippen LogP contribution in [0.3, 0.4) is 0 Å². The van der Waals surface area contributed by atoms with Crippen molar-refractivity contribution >= 4 is 44.5 Å². The third kappa shape index (κ3) is 5.05. The second-order valence-corrected chi connectivity index (χ2v) is 12.5. The highest BCUT2D eigenvalue weighted by Crippen LogP contribution is 2.34. The lowest BCUT2D eigenvalue weighted by atomic mass is 10.1. The second-order valence-electron chi connectivity index (χ2n) is 10.7. The van der Waals surface area contributed by atoms with Crippen LogP contribution in [0.25, 0.3) is 16.7 Å². The maximum Gasteiger partial charge on any atom is 0.268 e. The second kappa shape index (κ2) is 10.7. The summed E-state index contributed by atoms with van der Waals surface area (Å²) in [7, 11) is -2.35. The van der Waals surface area contributed by atoms with Crippen LogP contribution < -0.4 is 20.7 Å². The zero-order valence-electron chi connectivity index (χ0n) is 24.3. The van der Waals surface area contributed by atoms with E-state index >= 15 is 0 Å². The van der Waals surface area contributed by atoms with Gasteiger partial charge in [0.15, 0.2) is 11.6 Å². The van der Waals surface area contributed by atoms with Crippen molar-refractivity contribution in [2.75, 3.05) is 23.9 Å². The van der Waals surface area contributed by atoms with Crippen LogP contribution >= 0.6 is 0 Å². The number of ether oxygens (including phenoxy) is 1. The topological polar surface area (TPSA) is 150 Å². The van der Waals surface area contributed by atoms with E-state index in [4.69, 9.17) is 15.5 Å². The van der Waals surface area contributed by atoms with Gasteiger partial charge in [-0.15, -0.1) is 0 Å². The quantitative estimate of drug-likeness (QED) is 0.270. The fourth-order valence-electron chi connectivity index (χ4n) is 5.41. The smallest absolute Gasteiger partial charge is 0.268 e. The van der Waals surface area contributed by atoms with Crippen LogP contribution in [0, 0.1) is 20.8 Å². The van der Waals surface area contributed by atoms with Gasteiger partial charge in [0.2, 0.25) is 11.9 Å². The molecule has 5 aromatic rings. The maximum absolute atomic E-state index is 13.8. The number of nitrogens with one attached hydrogen (secondary N) is 1. The molecule has 6 rings (SSSR count). The summed E-state index contributed by atoms with van der Waals surface area (Å²) in [5, 5.41) is 3.15. The van der Waals surface area contributed by atoms with Crippen molar-refractivity contribution < 1.29 is 17.9 Å². The van der Waals surface area contributed by atoms with Gasteiger partial charge in [0.1, 0.15) is 23.6 Å². The summed E-state index contributed by atoms with van der Waals surface area (Å²) in [5.74, 6) is 1.25. The van der Waals surface area contributed by atoms with Crippen LogP contribution in [-0.2, 0) is 14.8 Å². The van der Waals surface area contributed by atoms with E-state index < -0.39 is 22.0 Å². The fourth-order valence-corrected chi connectivity index (χ4v) is 6.75. The SMILES string of the molecule is COc1cc(-n2cnc(Nc3nc(N4CCC[C@H]4C(N)=O)c4c(ccn4S(=O)(=O)c4ccc(C)cc4)n3)c2)cc(C)c1C. The number of hydrogen-bond acceptors (Lipinski definition) is 9. The van der Waals surface area contributed by atoms with Crippen molar-refractivity contribution in [3.05, 3.63) is 77.9 Å². The Hall–Kier alpha value is -4.91. The van der Waals surface area contributed by atoms with E-state index in [0.717, 1.165) is 28.1 Å². The molecule has 1 aliphatic heterocycles. The van der Waals surface area contributed by atoms with Crippen molar-refractivity contribution in [1.82, 2.24) is 23.5 Å². The Balaban J connectivity index is 1.43. The Morgan fingerprint density at radius 1 is 1.09 bits per heavy atom. The fraction of sp³-hybridized carbons (Fsp3) is 0.267. The summed E-state index contributed by atoms with van der Waals surface area (Å²) < 4.78 is 36.1.